The van der Waals surface area contributed by atoms with Gasteiger partial charge in [-0.3, -0.25) is 0 Å². The summed E-state index contributed by atoms with van der Waals surface area (Å²) in [6, 6.07) is 37.8. The van der Waals surface area contributed by atoms with Crippen molar-refractivity contribution >= 4 is 65.4 Å². The van der Waals surface area contributed by atoms with Crippen molar-refractivity contribution in [3.05, 3.63) is 133 Å². The van der Waals surface area contributed by atoms with Gasteiger partial charge in [-0.15, -0.1) is 0 Å². The van der Waals surface area contributed by atoms with Crippen molar-refractivity contribution in [2.24, 2.45) is 0 Å². The van der Waals surface area contributed by atoms with Crippen LogP contribution in [0, 0.1) is 11.6 Å². The topological polar surface area (TPSA) is 26.3 Å². The number of hydrogen-bond acceptors (Lipinski definition) is 2. The molecule has 0 atom stereocenters. The second-order valence-corrected chi connectivity index (χ2v) is 10.7. The van der Waals surface area contributed by atoms with E-state index in [-0.39, 0.29) is 11.6 Å². The lowest BCUT2D eigenvalue weighted by atomic mass is 9.89. The highest BCUT2D eigenvalue weighted by molar-refractivity contribution is 6.39. The van der Waals surface area contributed by atoms with Crippen LogP contribution in [0.15, 0.2) is 130 Å². The minimum absolute atomic E-state index is 0.262. The first-order valence-corrected chi connectivity index (χ1v) is 13.8. The Morgan fingerprint density at radius 3 is 1.17 bits per heavy atom. The van der Waals surface area contributed by atoms with Crippen LogP contribution in [-0.2, 0) is 0 Å². The predicted molar refractivity (Wildman–Crippen MR) is 167 cm³/mol. The van der Waals surface area contributed by atoms with Crippen molar-refractivity contribution in [2.45, 2.75) is 0 Å². The van der Waals surface area contributed by atoms with E-state index in [9.17, 15) is 8.78 Å². The second kappa shape index (κ2) is 8.51. The highest BCUT2D eigenvalue weighted by Gasteiger charge is 2.20. The van der Waals surface area contributed by atoms with E-state index >= 15 is 0 Å². The van der Waals surface area contributed by atoms with Gasteiger partial charge in [0.25, 0.3) is 0 Å². The lowest BCUT2D eigenvalue weighted by molar-refractivity contribution is 0.627. The van der Waals surface area contributed by atoms with Crippen LogP contribution in [0.5, 0.6) is 0 Å². The molecule has 4 heteroatoms. The fourth-order valence-corrected chi connectivity index (χ4v) is 6.50. The van der Waals surface area contributed by atoms with Gasteiger partial charge in [-0.25, -0.2) is 8.78 Å². The molecule has 0 N–H and O–H groups in total. The van der Waals surface area contributed by atoms with E-state index in [0.29, 0.717) is 0 Å². The van der Waals surface area contributed by atoms with Gasteiger partial charge in [0.1, 0.15) is 34.0 Å². The molecule has 0 aliphatic heterocycles. The van der Waals surface area contributed by atoms with Gasteiger partial charge < -0.3 is 8.83 Å². The maximum absolute atomic E-state index is 13.7. The maximum atomic E-state index is 13.7. The first-order valence-electron chi connectivity index (χ1n) is 13.8. The molecule has 0 bridgehead atoms. The lowest BCUT2D eigenvalue weighted by Gasteiger charge is -2.17. The van der Waals surface area contributed by atoms with Gasteiger partial charge in [-0.2, -0.15) is 0 Å². The highest BCUT2D eigenvalue weighted by Crippen LogP contribution is 2.46. The number of rotatable bonds is 2. The molecular weight excluding hydrogens is 526 g/mol. The van der Waals surface area contributed by atoms with Gasteiger partial charge >= 0.3 is 0 Å². The van der Waals surface area contributed by atoms with E-state index in [4.69, 9.17) is 8.83 Å². The van der Waals surface area contributed by atoms with Gasteiger partial charge in [0.15, 0.2) is 0 Å². The second-order valence-electron chi connectivity index (χ2n) is 10.7. The van der Waals surface area contributed by atoms with Crippen molar-refractivity contribution in [1.29, 1.82) is 0 Å². The third kappa shape index (κ3) is 3.29. The number of fused-ring (bicyclic) bond motifs is 6. The molecule has 9 rings (SSSR count). The Hall–Kier alpha value is -5.48. The largest absolute Gasteiger partial charge is 0.456 e. The molecule has 0 saturated carbocycles. The summed E-state index contributed by atoms with van der Waals surface area (Å²) in [5.74, 6) is -0.524. The Morgan fingerprint density at radius 1 is 0.333 bits per heavy atom. The quantitative estimate of drug-likeness (QED) is 0.159. The Morgan fingerprint density at radius 2 is 0.738 bits per heavy atom. The summed E-state index contributed by atoms with van der Waals surface area (Å²) in [6.45, 7) is 0. The molecule has 198 valence electrons. The van der Waals surface area contributed by atoms with E-state index in [1.54, 1.807) is 24.3 Å². The van der Waals surface area contributed by atoms with Crippen molar-refractivity contribution in [3.63, 3.8) is 0 Å². The molecule has 0 radical (unpaired) electrons. The molecule has 7 aromatic carbocycles. The van der Waals surface area contributed by atoms with Crippen LogP contribution in [0.1, 0.15) is 0 Å². The van der Waals surface area contributed by atoms with E-state index in [0.717, 1.165) is 87.7 Å². The summed E-state index contributed by atoms with van der Waals surface area (Å²) in [6.07, 6.45) is 0. The lowest BCUT2D eigenvalue weighted by Crippen LogP contribution is -1.91. The predicted octanol–water partition coefficient (Wildman–Crippen LogP) is 11.4. The molecule has 0 saturated heterocycles. The molecule has 0 unspecified atom stereocenters. The van der Waals surface area contributed by atoms with E-state index < -0.39 is 0 Å². The Labute approximate surface area is 238 Å². The molecular formula is C38H20F2O2. The monoisotopic (exact) mass is 546 g/mol. The van der Waals surface area contributed by atoms with Gasteiger partial charge in [-0.1, -0.05) is 60.7 Å². The molecule has 0 spiro atoms. The summed E-state index contributed by atoms with van der Waals surface area (Å²) in [5.41, 5.74) is 6.98. The molecule has 2 nitrogen and oxygen atoms in total. The maximum Gasteiger partial charge on any atom is 0.135 e. The summed E-state index contributed by atoms with van der Waals surface area (Å²) < 4.78 is 40.4. The van der Waals surface area contributed by atoms with E-state index in [1.165, 1.54) is 24.3 Å². The first-order chi connectivity index (χ1) is 20.6. The van der Waals surface area contributed by atoms with Crippen molar-refractivity contribution in [3.8, 4) is 22.3 Å². The minimum Gasteiger partial charge on any atom is -0.456 e. The van der Waals surface area contributed by atoms with Crippen LogP contribution in [0.3, 0.4) is 0 Å². The summed E-state index contributed by atoms with van der Waals surface area (Å²) in [5, 5.41) is 8.37. The number of benzene rings is 7. The molecule has 2 heterocycles. The third-order valence-electron chi connectivity index (χ3n) is 8.38. The molecule has 42 heavy (non-hydrogen) atoms. The van der Waals surface area contributed by atoms with Crippen LogP contribution in [0.25, 0.3) is 87.7 Å². The Bertz CT molecular complexity index is 2340. The number of hydrogen-bond donors (Lipinski definition) is 0. The molecule has 0 aliphatic carbocycles. The zero-order chi connectivity index (χ0) is 27.9. The van der Waals surface area contributed by atoms with Crippen molar-refractivity contribution in [1.82, 2.24) is 0 Å². The highest BCUT2D eigenvalue weighted by atomic mass is 19.1. The van der Waals surface area contributed by atoms with Gasteiger partial charge in [0.2, 0.25) is 0 Å². The first kappa shape index (κ1) is 23.2. The SMILES string of the molecule is Fc1ccc(-c2ccc3oc4cccc5c4c(c3c2)c2cccc3oc4ccc(-c6ccc(F)cc6)cc4c5c32)cc1. The van der Waals surface area contributed by atoms with Crippen LogP contribution in [0.2, 0.25) is 0 Å². The standard InChI is InChI=1S/C38H20F2O2/c39-25-13-7-21(8-14-25)23-12-18-32-29(19-23)35-27-3-1-5-33-37(27)36(28-4-2-6-34(42-32)38(28)35)30-20-24(11-17-31(30)41-33)22-9-15-26(40)16-10-22/h1-20H. The summed E-state index contributed by atoms with van der Waals surface area (Å²) in [4.78, 5) is 0. The zero-order valence-electron chi connectivity index (χ0n) is 22.1. The van der Waals surface area contributed by atoms with Gasteiger partial charge in [0.05, 0.1) is 0 Å². The molecule has 9 aromatic rings. The average Bonchev–Trinajstić information content (AvgIpc) is 3.02. The normalized spacial score (nSPS) is 12.0. The van der Waals surface area contributed by atoms with E-state index in [2.05, 4.69) is 24.3 Å². The van der Waals surface area contributed by atoms with Gasteiger partial charge in [-0.05, 0) is 93.7 Å². The molecule has 0 amide bonds. The Balaban J connectivity index is 1.46. The molecule has 2 aromatic heterocycles. The smallest absolute Gasteiger partial charge is 0.135 e. The van der Waals surface area contributed by atoms with Crippen LogP contribution in [-0.4, -0.2) is 0 Å². The molecule has 0 aliphatic rings. The average molecular weight is 547 g/mol. The number of halogens is 2. The molecule has 0 fully saturated rings. The summed E-state index contributed by atoms with van der Waals surface area (Å²) in [7, 11) is 0. The summed E-state index contributed by atoms with van der Waals surface area (Å²) >= 11 is 0. The van der Waals surface area contributed by atoms with Crippen LogP contribution in [0.4, 0.5) is 8.78 Å². The fourth-order valence-electron chi connectivity index (χ4n) is 6.50. The van der Waals surface area contributed by atoms with Crippen LogP contribution < -0.4 is 0 Å². The third-order valence-corrected chi connectivity index (χ3v) is 8.38. The zero-order valence-corrected chi connectivity index (χ0v) is 22.1. The van der Waals surface area contributed by atoms with Crippen molar-refractivity contribution in [2.75, 3.05) is 0 Å². The minimum atomic E-state index is -0.262. The fraction of sp³-hybridized carbons (Fsp3) is 0. The van der Waals surface area contributed by atoms with Crippen molar-refractivity contribution < 1.29 is 17.6 Å². The van der Waals surface area contributed by atoms with Crippen LogP contribution >= 0.6 is 0 Å². The Kier molecular flexibility index (Phi) is 4.71. The van der Waals surface area contributed by atoms with Gasteiger partial charge in [0, 0.05) is 32.3 Å². The van der Waals surface area contributed by atoms with E-state index in [1.807, 2.05) is 48.5 Å².